The van der Waals surface area contributed by atoms with Crippen LogP contribution < -0.4 is 10.3 Å². The summed E-state index contributed by atoms with van der Waals surface area (Å²) in [5.41, 5.74) is 4.06. The number of nitro benzene ring substituents is 1. The Hall–Kier alpha value is -3.02. The molecular formula is C20H25N5O5S. The lowest BCUT2D eigenvalue weighted by Crippen LogP contribution is -2.27. The number of anilines is 2. The van der Waals surface area contributed by atoms with E-state index in [1.165, 1.54) is 22.7 Å². The van der Waals surface area contributed by atoms with Gasteiger partial charge in [-0.2, -0.15) is 9.41 Å². The normalized spacial score (nSPS) is 14.8. The zero-order valence-corrected chi connectivity index (χ0v) is 18.0. The molecule has 0 aromatic heterocycles. The molecular weight excluding hydrogens is 422 g/mol. The lowest BCUT2D eigenvalue weighted by molar-refractivity contribution is -0.384. The van der Waals surface area contributed by atoms with Crippen molar-refractivity contribution in [1.82, 2.24) is 4.31 Å². The molecule has 2 aromatic rings. The van der Waals surface area contributed by atoms with E-state index in [4.69, 9.17) is 5.11 Å². The summed E-state index contributed by atoms with van der Waals surface area (Å²) in [4.78, 5) is 12.7. The van der Waals surface area contributed by atoms with Crippen molar-refractivity contribution in [1.29, 1.82) is 0 Å². The van der Waals surface area contributed by atoms with Crippen molar-refractivity contribution < 1.29 is 18.4 Å². The molecule has 31 heavy (non-hydrogen) atoms. The highest BCUT2D eigenvalue weighted by Crippen LogP contribution is 2.30. The van der Waals surface area contributed by atoms with E-state index in [1.54, 1.807) is 0 Å². The Labute approximate surface area is 181 Å². The molecule has 2 aromatic carbocycles. The summed E-state index contributed by atoms with van der Waals surface area (Å²) in [6.45, 7) is 1.42. The second-order valence-electron chi connectivity index (χ2n) is 7.15. The summed E-state index contributed by atoms with van der Waals surface area (Å²) in [7, 11) is -1.88. The number of nitro groups is 1. The summed E-state index contributed by atoms with van der Waals surface area (Å²) in [5, 5.41) is 24.5. The van der Waals surface area contributed by atoms with Crippen molar-refractivity contribution in [3.8, 4) is 0 Å². The van der Waals surface area contributed by atoms with Gasteiger partial charge in [-0.3, -0.25) is 15.5 Å². The Bertz CT molecular complexity index is 1050. The molecule has 166 valence electrons. The van der Waals surface area contributed by atoms with Crippen LogP contribution in [0.2, 0.25) is 0 Å². The van der Waals surface area contributed by atoms with E-state index in [0.717, 1.165) is 30.2 Å². The molecule has 0 bridgehead atoms. The summed E-state index contributed by atoms with van der Waals surface area (Å²) >= 11 is 0. The molecule has 2 N–H and O–H groups in total. The Kier molecular flexibility index (Phi) is 7.21. The molecule has 0 amide bonds. The molecule has 0 radical (unpaired) electrons. The number of nitrogens with one attached hydrogen (secondary N) is 1. The fourth-order valence-corrected chi connectivity index (χ4v) is 4.80. The maximum atomic E-state index is 12.7. The molecule has 1 saturated heterocycles. The predicted octanol–water partition coefficient (Wildman–Crippen LogP) is 2.25. The Balaban J connectivity index is 1.75. The first kappa shape index (κ1) is 22.7. The third kappa shape index (κ3) is 5.37. The van der Waals surface area contributed by atoms with Crippen molar-refractivity contribution in [2.24, 2.45) is 5.10 Å². The van der Waals surface area contributed by atoms with Gasteiger partial charge in [0, 0.05) is 38.4 Å². The molecule has 3 rings (SSSR count). The third-order valence-electron chi connectivity index (χ3n) is 5.04. The van der Waals surface area contributed by atoms with Crippen LogP contribution in [-0.2, 0) is 10.0 Å². The van der Waals surface area contributed by atoms with Gasteiger partial charge in [0.2, 0.25) is 10.0 Å². The van der Waals surface area contributed by atoms with E-state index in [-0.39, 0.29) is 22.9 Å². The van der Waals surface area contributed by atoms with E-state index in [0.29, 0.717) is 19.6 Å². The van der Waals surface area contributed by atoms with Crippen LogP contribution in [0, 0.1) is 10.1 Å². The molecule has 1 fully saturated rings. The van der Waals surface area contributed by atoms with Gasteiger partial charge in [-0.15, -0.1) is 0 Å². The van der Waals surface area contributed by atoms with Crippen LogP contribution in [0.15, 0.2) is 52.5 Å². The fourth-order valence-electron chi connectivity index (χ4n) is 3.27. The number of aliphatic hydroxyl groups excluding tert-OH is 1. The highest BCUT2D eigenvalue weighted by Gasteiger charge is 2.29. The van der Waals surface area contributed by atoms with E-state index < -0.39 is 14.9 Å². The second kappa shape index (κ2) is 9.86. The van der Waals surface area contributed by atoms with Crippen molar-refractivity contribution in [3.05, 3.63) is 58.1 Å². The highest BCUT2D eigenvalue weighted by molar-refractivity contribution is 7.89. The number of hydrogen-bond donors (Lipinski definition) is 2. The number of rotatable bonds is 9. The van der Waals surface area contributed by atoms with Crippen molar-refractivity contribution in [2.45, 2.75) is 17.7 Å². The molecule has 10 nitrogen and oxygen atoms in total. The molecule has 1 heterocycles. The molecule has 0 spiro atoms. The van der Waals surface area contributed by atoms with Crippen molar-refractivity contribution in [3.63, 3.8) is 0 Å². The van der Waals surface area contributed by atoms with Gasteiger partial charge in [0.1, 0.15) is 5.69 Å². The van der Waals surface area contributed by atoms with Gasteiger partial charge in [-0.1, -0.05) is 12.1 Å². The van der Waals surface area contributed by atoms with Gasteiger partial charge < -0.3 is 10.0 Å². The summed E-state index contributed by atoms with van der Waals surface area (Å²) < 4.78 is 26.7. The quantitative estimate of drug-likeness (QED) is 0.343. The topological polar surface area (TPSA) is 128 Å². The number of benzene rings is 2. The maximum Gasteiger partial charge on any atom is 0.295 e. The van der Waals surface area contributed by atoms with E-state index in [1.807, 2.05) is 36.2 Å². The monoisotopic (exact) mass is 447 g/mol. The van der Waals surface area contributed by atoms with Crippen LogP contribution in [0.5, 0.6) is 0 Å². The van der Waals surface area contributed by atoms with Crippen LogP contribution in [0.1, 0.15) is 18.4 Å². The molecule has 0 saturated carbocycles. The first-order valence-corrected chi connectivity index (χ1v) is 11.3. The Morgan fingerprint density at radius 3 is 2.52 bits per heavy atom. The standard InChI is InChI=1S/C20H25N5O5S/c1-23(12-13-26)17-6-4-16(5-7-17)15-21-22-19-9-8-18(14-20(19)25(27)28)31(29,30)24-10-2-3-11-24/h4-9,14-15,22,26H,2-3,10-13H2,1H3/b21-15+. The van der Waals surface area contributed by atoms with Gasteiger partial charge in [-0.25, -0.2) is 8.42 Å². The van der Waals surface area contributed by atoms with E-state index >= 15 is 0 Å². The fraction of sp³-hybridized carbons (Fsp3) is 0.350. The number of nitrogens with zero attached hydrogens (tertiary/aromatic N) is 4. The number of likely N-dealkylation sites (N-methyl/N-ethyl adjacent to an activating group) is 1. The van der Waals surface area contributed by atoms with Gasteiger partial charge >= 0.3 is 0 Å². The van der Waals surface area contributed by atoms with Crippen LogP contribution in [0.3, 0.4) is 0 Å². The van der Waals surface area contributed by atoms with Gasteiger partial charge in [-0.05, 0) is 42.7 Å². The van der Waals surface area contributed by atoms with E-state index in [2.05, 4.69) is 10.5 Å². The zero-order chi connectivity index (χ0) is 22.4. The molecule has 1 aliphatic rings. The SMILES string of the molecule is CN(CCO)c1ccc(/C=N/Nc2ccc(S(=O)(=O)N3CCCC3)cc2[N+](=O)[O-])cc1. The predicted molar refractivity (Wildman–Crippen MR) is 119 cm³/mol. The number of hydrogen-bond acceptors (Lipinski definition) is 8. The van der Waals surface area contributed by atoms with Crippen LogP contribution in [0.4, 0.5) is 17.1 Å². The summed E-state index contributed by atoms with van der Waals surface area (Å²) in [6.07, 6.45) is 3.08. The minimum Gasteiger partial charge on any atom is -0.395 e. The third-order valence-corrected chi connectivity index (χ3v) is 6.93. The average molecular weight is 448 g/mol. The van der Waals surface area contributed by atoms with Crippen molar-refractivity contribution >= 4 is 33.3 Å². The van der Waals surface area contributed by atoms with Crippen molar-refractivity contribution in [2.75, 3.05) is 43.6 Å². The lowest BCUT2D eigenvalue weighted by Gasteiger charge is -2.17. The zero-order valence-electron chi connectivity index (χ0n) is 17.1. The molecule has 0 atom stereocenters. The van der Waals surface area contributed by atoms with Gasteiger partial charge in [0.15, 0.2) is 0 Å². The van der Waals surface area contributed by atoms with Crippen LogP contribution >= 0.6 is 0 Å². The van der Waals surface area contributed by atoms with Gasteiger partial charge in [0.05, 0.1) is 22.6 Å². The van der Waals surface area contributed by atoms with Crippen LogP contribution in [-0.4, -0.2) is 62.3 Å². The first-order chi connectivity index (χ1) is 14.8. The second-order valence-corrected chi connectivity index (χ2v) is 9.09. The highest BCUT2D eigenvalue weighted by atomic mass is 32.2. The number of sulfonamides is 1. The average Bonchev–Trinajstić information content (AvgIpc) is 3.30. The summed E-state index contributed by atoms with van der Waals surface area (Å²) in [5.74, 6) is 0. The van der Waals surface area contributed by atoms with E-state index in [9.17, 15) is 18.5 Å². The van der Waals surface area contributed by atoms with Gasteiger partial charge in [0.25, 0.3) is 5.69 Å². The molecule has 1 aliphatic heterocycles. The Morgan fingerprint density at radius 2 is 1.90 bits per heavy atom. The lowest BCUT2D eigenvalue weighted by atomic mass is 10.2. The maximum absolute atomic E-state index is 12.7. The minimum absolute atomic E-state index is 0.0561. The number of hydrazone groups is 1. The number of aliphatic hydroxyl groups is 1. The van der Waals surface area contributed by atoms with Crippen LogP contribution in [0.25, 0.3) is 0 Å². The summed E-state index contributed by atoms with van der Waals surface area (Å²) in [6, 6.07) is 11.2. The first-order valence-electron chi connectivity index (χ1n) is 9.82. The molecule has 0 unspecified atom stereocenters. The smallest absolute Gasteiger partial charge is 0.295 e. The Morgan fingerprint density at radius 1 is 1.23 bits per heavy atom. The largest absolute Gasteiger partial charge is 0.395 e. The molecule has 0 aliphatic carbocycles. The minimum atomic E-state index is -3.75. The molecule has 11 heteroatoms.